The van der Waals surface area contributed by atoms with Gasteiger partial charge in [0.2, 0.25) is 4.90 Å². The van der Waals surface area contributed by atoms with Crippen molar-refractivity contribution in [2.45, 2.75) is 37.4 Å². The predicted octanol–water partition coefficient (Wildman–Crippen LogP) is 7.04. The van der Waals surface area contributed by atoms with Gasteiger partial charge < -0.3 is 14.5 Å². The van der Waals surface area contributed by atoms with Crippen LogP contribution in [0.15, 0.2) is 113 Å². The third kappa shape index (κ3) is 8.07. The lowest BCUT2D eigenvalue weighted by Crippen LogP contribution is -2.49. The van der Waals surface area contributed by atoms with E-state index in [9.17, 15) is 32.1 Å². The second kappa shape index (κ2) is 14.8. The van der Waals surface area contributed by atoms with Crippen LogP contribution in [-0.4, -0.2) is 46.2 Å². The van der Waals surface area contributed by atoms with Gasteiger partial charge in [0.05, 0.1) is 12.1 Å². The molecule has 2 atom stereocenters. The second-order valence-corrected chi connectivity index (χ2v) is 12.5. The molecule has 1 aromatic heterocycles. The van der Waals surface area contributed by atoms with Gasteiger partial charge in [0, 0.05) is 25.5 Å². The number of hydrogen-bond donors (Lipinski definition) is 2. The number of alkyl halides is 3. The summed E-state index contributed by atoms with van der Waals surface area (Å²) in [7, 11) is -2.15. The zero-order valence-electron chi connectivity index (χ0n) is 26.1. The Kier molecular flexibility index (Phi) is 10.6. The highest BCUT2D eigenvalue weighted by Gasteiger charge is 2.32. The fourth-order valence-electron chi connectivity index (χ4n) is 5.36. The number of hydrogen-bond acceptors (Lipinski definition) is 5. The zero-order chi connectivity index (χ0) is 34.4. The van der Waals surface area contributed by atoms with Gasteiger partial charge in [0.15, 0.2) is 16.7 Å². The summed E-state index contributed by atoms with van der Waals surface area (Å²) in [6.45, 7) is 3.21. The molecule has 0 spiro atoms. The molecule has 248 valence electrons. The molecule has 1 amide bonds. The Hall–Kier alpha value is -5.07. The summed E-state index contributed by atoms with van der Waals surface area (Å²) in [5.41, 5.74) is 3.65. The molecule has 8 nitrogen and oxygen atoms in total. The Morgan fingerprint density at radius 1 is 0.854 bits per heavy atom. The fourth-order valence-corrected chi connectivity index (χ4v) is 6.48. The average molecular weight is 677 g/mol. The molecule has 1 unspecified atom stereocenters. The molecule has 0 radical (unpaired) electrons. The van der Waals surface area contributed by atoms with Crippen molar-refractivity contribution in [1.29, 1.82) is 0 Å². The normalized spacial score (nSPS) is 12.8. The molecule has 0 fully saturated rings. The minimum absolute atomic E-state index is 0.00532. The molecule has 48 heavy (non-hydrogen) atoms. The standard InChI is InChI=1S/C36H32F3N3O5S/c1-23-33(24(2)47-41-23)48(46)40-20-21-42(32(35(44)45)22-25-8-10-27(11-9-25)26-6-4-3-5-7-26)34(43)30-14-12-28(13-15-30)29-16-18-31(19-17-29)36(37,38)39/h3-19,32H,20-22H2,1-2H3,(H,40,46)(H,44,45)/p+1/t32-,48?/m0/s1. The first-order valence-electron chi connectivity index (χ1n) is 15.0. The number of benzene rings is 4. The van der Waals surface area contributed by atoms with Gasteiger partial charge in [0.1, 0.15) is 11.7 Å². The van der Waals surface area contributed by atoms with Crippen molar-refractivity contribution in [1.82, 2.24) is 14.8 Å². The number of nitrogens with one attached hydrogen (secondary N) is 1. The van der Waals surface area contributed by atoms with E-state index in [0.29, 0.717) is 33.0 Å². The molecule has 5 aromatic rings. The lowest BCUT2D eigenvalue weighted by molar-refractivity contribution is -0.142. The summed E-state index contributed by atoms with van der Waals surface area (Å²) in [6, 6.07) is 26.8. The number of aryl methyl sites for hydroxylation is 2. The van der Waals surface area contributed by atoms with Gasteiger partial charge in [0.25, 0.3) is 5.91 Å². The Labute approximate surface area is 277 Å². The van der Waals surface area contributed by atoms with Crippen molar-refractivity contribution in [2.24, 2.45) is 0 Å². The van der Waals surface area contributed by atoms with Gasteiger partial charge >= 0.3 is 12.1 Å². The number of rotatable bonds is 12. The number of amides is 1. The van der Waals surface area contributed by atoms with Gasteiger partial charge in [-0.1, -0.05) is 88.2 Å². The van der Waals surface area contributed by atoms with Crippen molar-refractivity contribution in [3.05, 3.63) is 131 Å². The number of thiol groups is 1. The van der Waals surface area contributed by atoms with Crippen molar-refractivity contribution in [3.63, 3.8) is 0 Å². The highest BCUT2D eigenvalue weighted by atomic mass is 32.2. The molecule has 2 N–H and O–H groups in total. The third-order valence-electron chi connectivity index (χ3n) is 7.90. The van der Waals surface area contributed by atoms with Gasteiger partial charge in [-0.2, -0.15) is 13.2 Å². The van der Waals surface area contributed by atoms with E-state index >= 15 is 0 Å². The van der Waals surface area contributed by atoms with E-state index in [-0.39, 0.29) is 25.1 Å². The molecule has 4 aromatic carbocycles. The molecule has 5 rings (SSSR count). The largest absolute Gasteiger partial charge is 0.480 e. The first-order chi connectivity index (χ1) is 22.9. The molecule has 0 saturated carbocycles. The Balaban J connectivity index is 1.38. The second-order valence-electron chi connectivity index (χ2n) is 11.1. The minimum Gasteiger partial charge on any atom is -0.480 e. The fraction of sp³-hybridized carbons (Fsp3) is 0.194. The number of carbonyl (C=O) groups excluding carboxylic acids is 1. The van der Waals surface area contributed by atoms with Crippen molar-refractivity contribution in [2.75, 3.05) is 13.1 Å². The summed E-state index contributed by atoms with van der Waals surface area (Å²) in [5, 5.41) is 14.2. The van der Waals surface area contributed by atoms with Crippen LogP contribution in [0.3, 0.4) is 0 Å². The zero-order valence-corrected chi connectivity index (χ0v) is 27.0. The van der Waals surface area contributed by atoms with Gasteiger partial charge in [-0.15, -0.1) is 4.72 Å². The van der Waals surface area contributed by atoms with Crippen LogP contribution in [0.5, 0.6) is 0 Å². The number of aliphatic carboxylic acids is 1. The summed E-state index contributed by atoms with van der Waals surface area (Å²) in [6.07, 6.45) is -4.45. The van der Waals surface area contributed by atoms with E-state index in [4.69, 9.17) is 4.52 Å². The number of nitrogens with zero attached hydrogens (tertiary/aromatic N) is 2. The van der Waals surface area contributed by atoms with Gasteiger partial charge in [-0.3, -0.25) is 4.79 Å². The van der Waals surface area contributed by atoms with Crippen LogP contribution in [0.1, 0.15) is 32.9 Å². The molecule has 1 heterocycles. The monoisotopic (exact) mass is 676 g/mol. The molecular formula is C36H33F3N3O5S+. The SMILES string of the molecule is Cc1noc(C)c1[SH+](=O)NCCN(C(=O)c1ccc(-c2ccc(C(F)(F)F)cc2)cc1)[C@@H](Cc1ccc(-c2ccccc2)cc1)C(=O)O. The first kappa shape index (κ1) is 34.3. The number of aromatic nitrogens is 1. The van der Waals surface area contributed by atoms with E-state index < -0.39 is 40.6 Å². The van der Waals surface area contributed by atoms with Crippen LogP contribution >= 0.6 is 0 Å². The van der Waals surface area contributed by atoms with Crippen LogP contribution in [0.25, 0.3) is 22.3 Å². The quantitative estimate of drug-likeness (QED) is 0.108. The van der Waals surface area contributed by atoms with Crippen molar-refractivity contribution >= 4 is 22.9 Å². The maximum absolute atomic E-state index is 13.9. The molecule has 0 aliphatic rings. The van der Waals surface area contributed by atoms with Crippen molar-refractivity contribution in [3.8, 4) is 22.3 Å². The van der Waals surface area contributed by atoms with E-state index in [1.165, 1.54) is 29.2 Å². The summed E-state index contributed by atoms with van der Waals surface area (Å²) in [5.74, 6) is -1.40. The van der Waals surface area contributed by atoms with Crippen LogP contribution in [0.4, 0.5) is 13.2 Å². The maximum Gasteiger partial charge on any atom is 0.416 e. The first-order valence-corrected chi connectivity index (χ1v) is 16.3. The predicted molar refractivity (Wildman–Crippen MR) is 177 cm³/mol. The average Bonchev–Trinajstić information content (AvgIpc) is 3.43. The molecule has 0 aliphatic heterocycles. The summed E-state index contributed by atoms with van der Waals surface area (Å²) in [4.78, 5) is 28.3. The third-order valence-corrected chi connectivity index (χ3v) is 9.45. The molecule has 0 aliphatic carbocycles. The molecule has 12 heteroatoms. The van der Waals surface area contributed by atoms with E-state index in [1.54, 1.807) is 26.0 Å². The number of carboxylic acid groups (broad SMARTS) is 1. The Bertz CT molecular complexity index is 1870. The van der Waals surface area contributed by atoms with Gasteiger partial charge in [-0.05, 0) is 59.0 Å². The lowest BCUT2D eigenvalue weighted by atomic mass is 9.99. The van der Waals surface area contributed by atoms with Crippen LogP contribution < -0.4 is 4.72 Å². The minimum atomic E-state index is -4.46. The Morgan fingerprint density at radius 2 is 1.40 bits per heavy atom. The smallest absolute Gasteiger partial charge is 0.416 e. The highest BCUT2D eigenvalue weighted by Crippen LogP contribution is 2.31. The lowest BCUT2D eigenvalue weighted by Gasteiger charge is -2.29. The topological polar surface area (TPSA) is 113 Å². The van der Waals surface area contributed by atoms with Crippen LogP contribution in [-0.2, 0) is 32.6 Å². The molecular weight excluding hydrogens is 643 g/mol. The summed E-state index contributed by atoms with van der Waals surface area (Å²) < 4.78 is 60.0. The molecule has 0 bridgehead atoms. The van der Waals surface area contributed by atoms with E-state index in [0.717, 1.165) is 23.3 Å². The van der Waals surface area contributed by atoms with E-state index in [1.807, 2.05) is 54.6 Å². The summed E-state index contributed by atoms with van der Waals surface area (Å²) >= 11 is 0. The van der Waals surface area contributed by atoms with Crippen LogP contribution in [0, 0.1) is 13.8 Å². The van der Waals surface area contributed by atoms with E-state index in [2.05, 4.69) is 9.88 Å². The van der Waals surface area contributed by atoms with Gasteiger partial charge in [-0.25, -0.2) is 4.79 Å². The maximum atomic E-state index is 13.9. The molecule has 0 saturated heterocycles. The number of carboxylic acids is 1. The Morgan fingerprint density at radius 3 is 1.92 bits per heavy atom. The van der Waals surface area contributed by atoms with Crippen molar-refractivity contribution < 1.29 is 36.6 Å². The van der Waals surface area contributed by atoms with Crippen LogP contribution in [0.2, 0.25) is 0 Å². The number of carbonyl (C=O) groups is 2. The number of halogens is 3. The highest BCUT2D eigenvalue weighted by molar-refractivity contribution is 7.83.